The molecule has 1 saturated heterocycles. The van der Waals surface area contributed by atoms with Crippen LogP contribution < -0.4 is 10.2 Å². The van der Waals surface area contributed by atoms with Crippen molar-refractivity contribution in [3.8, 4) is 0 Å². The van der Waals surface area contributed by atoms with E-state index < -0.39 is 0 Å². The maximum Gasteiger partial charge on any atom is 0.271 e. The molecule has 1 aliphatic rings. The summed E-state index contributed by atoms with van der Waals surface area (Å²) in [6, 6.07) is 7.91. The van der Waals surface area contributed by atoms with Gasteiger partial charge in [0.15, 0.2) is 5.69 Å². The molecule has 1 aromatic carbocycles. The van der Waals surface area contributed by atoms with Crippen molar-refractivity contribution in [2.45, 2.75) is 13.5 Å². The average Bonchev–Trinajstić information content (AvgIpc) is 2.62. The summed E-state index contributed by atoms with van der Waals surface area (Å²) in [5, 5.41) is 3.11. The third kappa shape index (κ3) is 3.83. The molecule has 1 amide bonds. The van der Waals surface area contributed by atoms with Gasteiger partial charge in [-0.25, -0.2) is 9.97 Å². The fourth-order valence-electron chi connectivity index (χ4n) is 2.50. The fourth-order valence-corrected chi connectivity index (χ4v) is 2.68. The minimum atomic E-state index is -0.305. The van der Waals surface area contributed by atoms with Crippen LogP contribution in [-0.4, -0.2) is 42.2 Å². The van der Waals surface area contributed by atoms with Gasteiger partial charge in [0.25, 0.3) is 5.91 Å². The van der Waals surface area contributed by atoms with Crippen molar-refractivity contribution in [2.24, 2.45) is 0 Å². The average molecular weight is 347 g/mol. The molecule has 6 nitrogen and oxygen atoms in total. The molecule has 0 radical (unpaired) electrons. The number of hydrogen-bond acceptors (Lipinski definition) is 5. The zero-order chi connectivity index (χ0) is 16.9. The van der Waals surface area contributed by atoms with Crippen molar-refractivity contribution >= 4 is 23.5 Å². The normalized spacial score (nSPS) is 14.5. The number of halogens is 1. The summed E-state index contributed by atoms with van der Waals surface area (Å²) in [6.07, 6.45) is 1.47. The van der Waals surface area contributed by atoms with Crippen LogP contribution >= 0.6 is 11.6 Å². The Morgan fingerprint density at radius 3 is 2.83 bits per heavy atom. The van der Waals surface area contributed by atoms with Crippen molar-refractivity contribution in [3.63, 3.8) is 0 Å². The second kappa shape index (κ2) is 7.59. The van der Waals surface area contributed by atoms with Crippen LogP contribution in [0.25, 0.3) is 0 Å². The van der Waals surface area contributed by atoms with Crippen molar-refractivity contribution < 1.29 is 9.53 Å². The number of amides is 1. The fraction of sp³-hybridized carbons (Fsp3) is 0.353. The van der Waals surface area contributed by atoms with E-state index >= 15 is 0 Å². The maximum atomic E-state index is 12.5. The molecule has 0 unspecified atom stereocenters. The van der Waals surface area contributed by atoms with Gasteiger partial charge in [0, 0.05) is 19.6 Å². The minimum absolute atomic E-state index is 0.196. The van der Waals surface area contributed by atoms with Crippen LogP contribution in [0.15, 0.2) is 30.5 Å². The Kier molecular flexibility index (Phi) is 5.27. The molecule has 3 rings (SSSR count). The zero-order valence-corrected chi connectivity index (χ0v) is 14.2. The molecular weight excluding hydrogens is 328 g/mol. The lowest BCUT2D eigenvalue weighted by molar-refractivity contribution is 0.0945. The highest BCUT2D eigenvalue weighted by molar-refractivity contribution is 6.33. The summed E-state index contributed by atoms with van der Waals surface area (Å²) in [4.78, 5) is 23.0. The molecule has 7 heteroatoms. The van der Waals surface area contributed by atoms with Crippen molar-refractivity contribution in [1.82, 2.24) is 15.3 Å². The molecule has 0 bridgehead atoms. The number of nitrogens with zero attached hydrogens (tertiary/aromatic N) is 3. The summed E-state index contributed by atoms with van der Waals surface area (Å²) in [5.41, 5.74) is 2.38. The molecule has 1 aliphatic heterocycles. The number of aromatic nitrogens is 2. The van der Waals surface area contributed by atoms with Crippen molar-refractivity contribution in [1.29, 1.82) is 0 Å². The predicted molar refractivity (Wildman–Crippen MR) is 92.4 cm³/mol. The van der Waals surface area contributed by atoms with Crippen LogP contribution in [-0.2, 0) is 11.3 Å². The smallest absolute Gasteiger partial charge is 0.271 e. The SMILES string of the molecule is Cc1ccccc1CNC(=O)c1nc(N2CCOCC2)ncc1Cl. The van der Waals surface area contributed by atoms with Crippen molar-refractivity contribution in [3.05, 3.63) is 52.3 Å². The number of anilines is 1. The van der Waals surface area contributed by atoms with Crippen LogP contribution in [0.5, 0.6) is 0 Å². The number of nitrogens with one attached hydrogen (secondary N) is 1. The third-order valence-electron chi connectivity index (χ3n) is 3.94. The Morgan fingerprint density at radius 2 is 2.08 bits per heavy atom. The Morgan fingerprint density at radius 1 is 1.33 bits per heavy atom. The Labute approximate surface area is 145 Å². The lowest BCUT2D eigenvalue weighted by Crippen LogP contribution is -2.37. The van der Waals surface area contributed by atoms with E-state index in [9.17, 15) is 4.79 Å². The number of benzene rings is 1. The number of hydrogen-bond donors (Lipinski definition) is 1. The van der Waals surface area contributed by atoms with Crippen LogP contribution in [0.4, 0.5) is 5.95 Å². The maximum absolute atomic E-state index is 12.5. The van der Waals surface area contributed by atoms with E-state index in [4.69, 9.17) is 16.3 Å². The first-order valence-electron chi connectivity index (χ1n) is 7.83. The molecule has 0 atom stereocenters. The summed E-state index contributed by atoms with van der Waals surface area (Å²) in [7, 11) is 0. The van der Waals surface area contributed by atoms with E-state index in [1.54, 1.807) is 0 Å². The Hall–Kier alpha value is -2.18. The van der Waals surface area contributed by atoms with Gasteiger partial charge in [-0.2, -0.15) is 0 Å². The quantitative estimate of drug-likeness (QED) is 0.919. The molecule has 0 spiro atoms. The molecule has 0 aliphatic carbocycles. The standard InChI is InChI=1S/C17H19ClN4O2/c1-12-4-2-3-5-13(12)10-19-16(23)15-14(18)11-20-17(21-15)22-6-8-24-9-7-22/h2-5,11H,6-10H2,1H3,(H,19,23). The van der Waals surface area contributed by atoms with E-state index in [1.807, 2.05) is 36.1 Å². The first-order valence-corrected chi connectivity index (χ1v) is 8.21. The minimum Gasteiger partial charge on any atom is -0.378 e. The van der Waals surface area contributed by atoms with Gasteiger partial charge in [0.1, 0.15) is 0 Å². The molecule has 24 heavy (non-hydrogen) atoms. The van der Waals surface area contributed by atoms with Gasteiger partial charge < -0.3 is 15.0 Å². The van der Waals surface area contributed by atoms with Gasteiger partial charge in [-0.15, -0.1) is 0 Å². The molecule has 1 N–H and O–H groups in total. The van der Waals surface area contributed by atoms with Gasteiger partial charge in [-0.3, -0.25) is 4.79 Å². The molecule has 126 valence electrons. The van der Waals surface area contributed by atoms with Crippen LogP contribution in [0, 0.1) is 6.92 Å². The third-order valence-corrected chi connectivity index (χ3v) is 4.22. The first-order chi connectivity index (χ1) is 11.6. The number of carbonyl (C=O) groups excluding carboxylic acids is 1. The summed E-state index contributed by atoms with van der Waals surface area (Å²) in [5.74, 6) is 0.198. The number of morpholine rings is 1. The van der Waals surface area contributed by atoms with Gasteiger partial charge >= 0.3 is 0 Å². The highest BCUT2D eigenvalue weighted by Gasteiger charge is 2.19. The van der Waals surface area contributed by atoms with E-state index in [0.29, 0.717) is 38.8 Å². The Bertz CT molecular complexity index is 732. The van der Waals surface area contributed by atoms with E-state index in [0.717, 1.165) is 11.1 Å². The molecule has 1 fully saturated rings. The highest BCUT2D eigenvalue weighted by Crippen LogP contribution is 2.17. The van der Waals surface area contributed by atoms with Gasteiger partial charge in [-0.05, 0) is 18.1 Å². The van der Waals surface area contributed by atoms with E-state index in [-0.39, 0.29) is 16.6 Å². The van der Waals surface area contributed by atoms with Crippen LogP contribution in [0.1, 0.15) is 21.6 Å². The number of ether oxygens (including phenoxy) is 1. The monoisotopic (exact) mass is 346 g/mol. The lowest BCUT2D eigenvalue weighted by atomic mass is 10.1. The second-order valence-electron chi connectivity index (χ2n) is 5.58. The number of aryl methyl sites for hydroxylation is 1. The van der Waals surface area contributed by atoms with Gasteiger partial charge in [0.2, 0.25) is 5.95 Å². The summed E-state index contributed by atoms with van der Waals surface area (Å²) in [6.45, 7) is 5.09. The molecule has 0 saturated carbocycles. The van der Waals surface area contributed by atoms with E-state index in [2.05, 4.69) is 15.3 Å². The van der Waals surface area contributed by atoms with Crippen LogP contribution in [0.3, 0.4) is 0 Å². The lowest BCUT2D eigenvalue weighted by Gasteiger charge is -2.26. The second-order valence-corrected chi connectivity index (χ2v) is 5.98. The number of carbonyl (C=O) groups is 1. The highest BCUT2D eigenvalue weighted by atomic mass is 35.5. The van der Waals surface area contributed by atoms with Gasteiger partial charge in [-0.1, -0.05) is 35.9 Å². The van der Waals surface area contributed by atoms with Crippen LogP contribution in [0.2, 0.25) is 5.02 Å². The topological polar surface area (TPSA) is 67.4 Å². The summed E-state index contributed by atoms with van der Waals surface area (Å²) >= 11 is 6.11. The molecule has 1 aromatic heterocycles. The first kappa shape index (κ1) is 16.7. The van der Waals surface area contributed by atoms with E-state index in [1.165, 1.54) is 6.20 Å². The molecule has 2 aromatic rings. The predicted octanol–water partition coefficient (Wildman–Crippen LogP) is 2.21. The zero-order valence-electron chi connectivity index (χ0n) is 13.5. The van der Waals surface area contributed by atoms with Crippen molar-refractivity contribution in [2.75, 3.05) is 31.2 Å². The molecule has 2 heterocycles. The van der Waals surface area contributed by atoms with Gasteiger partial charge in [0.05, 0.1) is 24.4 Å². The largest absolute Gasteiger partial charge is 0.378 e. The Balaban J connectivity index is 1.73. The summed E-state index contributed by atoms with van der Waals surface area (Å²) < 4.78 is 5.32. The molecular formula is C17H19ClN4O2. The number of rotatable bonds is 4.